The van der Waals surface area contributed by atoms with Gasteiger partial charge in [-0.15, -0.1) is 0 Å². The molecule has 0 aliphatic rings. The van der Waals surface area contributed by atoms with Gasteiger partial charge < -0.3 is 9.47 Å². The molecule has 2 rings (SSSR count). The Balaban J connectivity index is 2.15. The van der Waals surface area contributed by atoms with Crippen molar-refractivity contribution in [3.8, 4) is 11.5 Å². The Kier molecular flexibility index (Phi) is 6.07. The van der Waals surface area contributed by atoms with Gasteiger partial charge in [-0.25, -0.2) is 8.78 Å². The Hall–Kier alpha value is -2.69. The number of allylic oxidation sites excluding steroid dienone is 1. The maximum Gasteiger partial charge on any atom is 0.185 e. The molecule has 0 fully saturated rings. The molecular formula is C19H18F2O3. The number of carbonyl (C=O) groups is 1. The summed E-state index contributed by atoms with van der Waals surface area (Å²) in [5.41, 5.74) is 0.812. The molecule has 0 spiro atoms. The van der Waals surface area contributed by atoms with Gasteiger partial charge in [-0.1, -0.05) is 19.1 Å². The number of carbonyl (C=O) groups excluding carboxylic acids is 1. The lowest BCUT2D eigenvalue weighted by molar-refractivity contribution is 0.104. The van der Waals surface area contributed by atoms with E-state index < -0.39 is 17.4 Å². The van der Waals surface area contributed by atoms with Crippen molar-refractivity contribution < 1.29 is 23.0 Å². The summed E-state index contributed by atoms with van der Waals surface area (Å²) in [6.45, 7) is 2.59. The Bertz CT molecular complexity index is 754. The van der Waals surface area contributed by atoms with E-state index in [1.807, 2.05) is 6.92 Å². The minimum Gasteiger partial charge on any atom is -0.493 e. The molecule has 0 radical (unpaired) electrons. The van der Waals surface area contributed by atoms with Crippen molar-refractivity contribution in [3.05, 3.63) is 65.2 Å². The van der Waals surface area contributed by atoms with Crippen molar-refractivity contribution in [1.82, 2.24) is 0 Å². The predicted molar refractivity (Wildman–Crippen MR) is 88.5 cm³/mol. The number of ketones is 1. The van der Waals surface area contributed by atoms with Crippen LogP contribution in [0.3, 0.4) is 0 Å². The quantitative estimate of drug-likeness (QED) is 0.546. The minimum atomic E-state index is -1.05. The predicted octanol–water partition coefficient (Wildman–Crippen LogP) is 4.66. The Morgan fingerprint density at radius 2 is 1.88 bits per heavy atom. The zero-order valence-corrected chi connectivity index (χ0v) is 13.5. The molecule has 0 saturated carbocycles. The highest BCUT2D eigenvalue weighted by atomic mass is 19.2. The molecule has 0 N–H and O–H groups in total. The lowest BCUT2D eigenvalue weighted by Crippen LogP contribution is -1.98. The van der Waals surface area contributed by atoms with E-state index in [9.17, 15) is 13.6 Å². The fourth-order valence-electron chi connectivity index (χ4n) is 2.04. The van der Waals surface area contributed by atoms with Gasteiger partial charge in [0.25, 0.3) is 0 Å². The van der Waals surface area contributed by atoms with Gasteiger partial charge in [-0.3, -0.25) is 4.79 Å². The summed E-state index contributed by atoms with van der Waals surface area (Å²) in [5, 5.41) is 0. The highest BCUT2D eigenvalue weighted by Crippen LogP contribution is 2.28. The third kappa shape index (κ3) is 4.41. The zero-order valence-electron chi connectivity index (χ0n) is 13.5. The number of halogens is 2. The molecule has 2 aromatic rings. The van der Waals surface area contributed by atoms with Gasteiger partial charge in [-0.2, -0.15) is 0 Å². The summed E-state index contributed by atoms with van der Waals surface area (Å²) in [6.07, 6.45) is 3.76. The van der Waals surface area contributed by atoms with Gasteiger partial charge in [0, 0.05) is 5.56 Å². The second-order valence-corrected chi connectivity index (χ2v) is 5.09. The molecule has 24 heavy (non-hydrogen) atoms. The maximum absolute atomic E-state index is 13.2. The second-order valence-electron chi connectivity index (χ2n) is 5.09. The second kappa shape index (κ2) is 8.24. The van der Waals surface area contributed by atoms with Crippen molar-refractivity contribution in [3.63, 3.8) is 0 Å². The smallest absolute Gasteiger partial charge is 0.185 e. The molecule has 0 amide bonds. The van der Waals surface area contributed by atoms with Crippen molar-refractivity contribution >= 4 is 11.9 Å². The van der Waals surface area contributed by atoms with Crippen molar-refractivity contribution in [2.75, 3.05) is 13.7 Å². The highest BCUT2D eigenvalue weighted by Gasteiger charge is 2.08. The molecule has 2 aromatic carbocycles. The van der Waals surface area contributed by atoms with E-state index in [4.69, 9.17) is 9.47 Å². The van der Waals surface area contributed by atoms with Gasteiger partial charge >= 0.3 is 0 Å². The first-order valence-corrected chi connectivity index (χ1v) is 7.53. The van der Waals surface area contributed by atoms with Crippen LogP contribution in [0.15, 0.2) is 42.5 Å². The van der Waals surface area contributed by atoms with Crippen LogP contribution in [0.1, 0.15) is 29.3 Å². The number of benzene rings is 2. The Morgan fingerprint density at radius 1 is 1.08 bits per heavy atom. The molecule has 5 heteroatoms. The Morgan fingerprint density at radius 3 is 2.54 bits per heavy atom. The minimum absolute atomic E-state index is 0.0833. The van der Waals surface area contributed by atoms with E-state index in [0.717, 1.165) is 24.1 Å². The van der Waals surface area contributed by atoms with Gasteiger partial charge in [0.05, 0.1) is 13.7 Å². The van der Waals surface area contributed by atoms with Crippen molar-refractivity contribution in [1.29, 1.82) is 0 Å². The highest BCUT2D eigenvalue weighted by molar-refractivity contribution is 6.06. The van der Waals surface area contributed by atoms with Crippen LogP contribution in [0.4, 0.5) is 8.78 Å². The van der Waals surface area contributed by atoms with Crippen molar-refractivity contribution in [2.45, 2.75) is 13.3 Å². The normalized spacial score (nSPS) is 10.8. The molecule has 0 unspecified atom stereocenters. The first-order valence-electron chi connectivity index (χ1n) is 7.53. The first-order chi connectivity index (χ1) is 11.5. The Labute approximate surface area is 139 Å². The summed E-state index contributed by atoms with van der Waals surface area (Å²) in [4.78, 5) is 12.0. The van der Waals surface area contributed by atoms with Crippen LogP contribution in [-0.4, -0.2) is 19.5 Å². The summed E-state index contributed by atoms with van der Waals surface area (Å²) in [7, 11) is 1.54. The summed E-state index contributed by atoms with van der Waals surface area (Å²) in [5.74, 6) is -1.26. The van der Waals surface area contributed by atoms with E-state index in [1.54, 1.807) is 24.3 Å². The van der Waals surface area contributed by atoms with Gasteiger partial charge in [0.2, 0.25) is 0 Å². The molecule has 0 aliphatic carbocycles. The lowest BCUT2D eigenvalue weighted by Gasteiger charge is -2.10. The summed E-state index contributed by atoms with van der Waals surface area (Å²) >= 11 is 0. The average molecular weight is 332 g/mol. The number of hydrogen-bond donors (Lipinski definition) is 0. The molecule has 0 aliphatic heterocycles. The first kappa shape index (κ1) is 17.7. The van der Waals surface area contributed by atoms with Crippen LogP contribution in [0.2, 0.25) is 0 Å². The van der Waals surface area contributed by atoms with Crippen LogP contribution in [-0.2, 0) is 0 Å². The molecule has 0 saturated heterocycles. The lowest BCUT2D eigenvalue weighted by atomic mass is 10.1. The van der Waals surface area contributed by atoms with Crippen LogP contribution < -0.4 is 9.47 Å². The molecule has 3 nitrogen and oxygen atoms in total. The number of rotatable bonds is 7. The van der Waals surface area contributed by atoms with E-state index in [-0.39, 0.29) is 5.56 Å². The zero-order chi connectivity index (χ0) is 17.5. The number of methoxy groups -OCH3 is 1. The molecule has 0 aromatic heterocycles. The van der Waals surface area contributed by atoms with Crippen LogP contribution in [0.5, 0.6) is 11.5 Å². The van der Waals surface area contributed by atoms with E-state index >= 15 is 0 Å². The molecular weight excluding hydrogens is 314 g/mol. The topological polar surface area (TPSA) is 35.5 Å². The standard InChI is InChI=1S/C19H18F2O3/c1-3-10-24-18-9-5-13(11-19(18)23-2)4-8-17(22)14-6-7-15(20)16(21)12-14/h4-9,11-12H,3,10H2,1-2H3. The molecule has 0 heterocycles. The number of ether oxygens (including phenoxy) is 2. The van der Waals surface area contributed by atoms with E-state index in [0.29, 0.717) is 18.1 Å². The molecule has 126 valence electrons. The maximum atomic E-state index is 13.2. The summed E-state index contributed by atoms with van der Waals surface area (Å²) in [6, 6.07) is 8.33. The van der Waals surface area contributed by atoms with Gasteiger partial charge in [0.1, 0.15) is 0 Å². The molecule has 0 bridgehead atoms. The SMILES string of the molecule is CCCOc1ccc(C=CC(=O)c2ccc(F)c(F)c2)cc1OC. The third-order valence-electron chi connectivity index (χ3n) is 3.28. The monoisotopic (exact) mass is 332 g/mol. The van der Waals surface area contributed by atoms with Crippen molar-refractivity contribution in [2.24, 2.45) is 0 Å². The van der Waals surface area contributed by atoms with Gasteiger partial charge in [-0.05, 0) is 48.4 Å². The third-order valence-corrected chi connectivity index (χ3v) is 3.28. The van der Waals surface area contributed by atoms with E-state index in [1.165, 1.54) is 19.3 Å². The number of hydrogen-bond acceptors (Lipinski definition) is 3. The molecule has 0 atom stereocenters. The van der Waals surface area contributed by atoms with Crippen LogP contribution >= 0.6 is 0 Å². The fraction of sp³-hybridized carbons (Fsp3) is 0.211. The average Bonchev–Trinajstić information content (AvgIpc) is 2.60. The fourth-order valence-corrected chi connectivity index (χ4v) is 2.04. The van der Waals surface area contributed by atoms with Crippen LogP contribution in [0.25, 0.3) is 6.08 Å². The summed E-state index contributed by atoms with van der Waals surface area (Å²) < 4.78 is 36.9. The van der Waals surface area contributed by atoms with Crippen LogP contribution in [0, 0.1) is 11.6 Å². The largest absolute Gasteiger partial charge is 0.493 e. The van der Waals surface area contributed by atoms with Gasteiger partial charge in [0.15, 0.2) is 28.9 Å². The van der Waals surface area contributed by atoms with E-state index in [2.05, 4.69) is 0 Å².